The molecule has 1 fully saturated rings. The minimum Gasteiger partial charge on any atom is -0.496 e. The molecule has 1 aromatic carbocycles. The van der Waals surface area contributed by atoms with E-state index in [4.69, 9.17) is 19.5 Å². The second kappa shape index (κ2) is 7.95. The van der Waals surface area contributed by atoms with Crippen molar-refractivity contribution in [3.63, 3.8) is 0 Å². The molecule has 0 aliphatic carbocycles. The van der Waals surface area contributed by atoms with E-state index in [1.165, 1.54) is 12.0 Å². The molecule has 1 N–H and O–H groups in total. The number of carbonyl (C=O) groups is 2. The third-order valence-corrected chi connectivity index (χ3v) is 3.68. The zero-order valence-electron chi connectivity index (χ0n) is 15.4. The van der Waals surface area contributed by atoms with Crippen LogP contribution in [0.15, 0.2) is 18.2 Å². The first kappa shape index (κ1) is 19.4. The van der Waals surface area contributed by atoms with Crippen molar-refractivity contribution < 1.29 is 23.8 Å². The van der Waals surface area contributed by atoms with Gasteiger partial charge in [0.25, 0.3) is 0 Å². The molecule has 1 atom stereocenters. The highest BCUT2D eigenvalue weighted by molar-refractivity contribution is 5.71. The summed E-state index contributed by atoms with van der Waals surface area (Å²) in [5, 5.41) is 11.5. The van der Waals surface area contributed by atoms with Crippen molar-refractivity contribution >= 4 is 12.2 Å². The number of methoxy groups -OCH3 is 1. The Labute approximate surface area is 152 Å². The average molecular weight is 361 g/mol. The van der Waals surface area contributed by atoms with Crippen LogP contribution in [-0.4, -0.2) is 42.6 Å². The maximum absolute atomic E-state index is 12.0. The van der Waals surface area contributed by atoms with Crippen molar-refractivity contribution in [3.8, 4) is 11.8 Å². The monoisotopic (exact) mass is 361 g/mol. The smallest absolute Gasteiger partial charge is 0.413 e. The van der Waals surface area contributed by atoms with E-state index < -0.39 is 24.0 Å². The minimum absolute atomic E-state index is 0.173. The van der Waals surface area contributed by atoms with Crippen molar-refractivity contribution in [1.29, 1.82) is 5.26 Å². The lowest BCUT2D eigenvalue weighted by Gasteiger charge is -2.40. The molecular weight excluding hydrogens is 338 g/mol. The van der Waals surface area contributed by atoms with E-state index in [1.807, 2.05) is 6.07 Å². The summed E-state index contributed by atoms with van der Waals surface area (Å²) in [5.41, 5.74) is 0.572. The quantitative estimate of drug-likeness (QED) is 0.885. The average Bonchev–Trinajstić information content (AvgIpc) is 2.54. The van der Waals surface area contributed by atoms with E-state index in [0.29, 0.717) is 29.8 Å². The molecule has 8 nitrogen and oxygen atoms in total. The van der Waals surface area contributed by atoms with Gasteiger partial charge in [0.05, 0.1) is 18.7 Å². The molecule has 2 amide bonds. The van der Waals surface area contributed by atoms with E-state index >= 15 is 0 Å². The molecule has 2 rings (SSSR count). The molecule has 1 unspecified atom stereocenters. The molecule has 0 spiro atoms. The number of nitrogens with one attached hydrogen (secondary N) is 1. The molecule has 0 saturated carbocycles. The summed E-state index contributed by atoms with van der Waals surface area (Å²) in [5.74, 6) is 0.503. The fraction of sp³-hybridized carbons (Fsp3) is 0.500. The van der Waals surface area contributed by atoms with Gasteiger partial charge in [-0.1, -0.05) is 6.07 Å². The van der Waals surface area contributed by atoms with Crippen LogP contribution in [0.4, 0.5) is 9.59 Å². The molecule has 0 bridgehead atoms. The van der Waals surface area contributed by atoms with Crippen molar-refractivity contribution in [2.24, 2.45) is 0 Å². The zero-order valence-corrected chi connectivity index (χ0v) is 15.4. The Bertz CT molecular complexity index is 721. The summed E-state index contributed by atoms with van der Waals surface area (Å²) in [7, 11) is 1.49. The van der Waals surface area contributed by atoms with Crippen LogP contribution in [0.25, 0.3) is 0 Å². The number of likely N-dealkylation sites (tertiary alicyclic amines) is 1. The van der Waals surface area contributed by atoms with Gasteiger partial charge in [-0.3, -0.25) is 4.90 Å². The Kier molecular flexibility index (Phi) is 5.93. The Morgan fingerprint density at radius 3 is 2.65 bits per heavy atom. The molecule has 1 saturated heterocycles. The van der Waals surface area contributed by atoms with Crippen molar-refractivity contribution in [2.75, 3.05) is 13.7 Å². The van der Waals surface area contributed by atoms with Crippen LogP contribution in [0.5, 0.6) is 5.75 Å². The summed E-state index contributed by atoms with van der Waals surface area (Å²) in [6.45, 7) is 5.98. The topological polar surface area (TPSA) is 101 Å². The van der Waals surface area contributed by atoms with Crippen LogP contribution in [-0.2, 0) is 16.0 Å². The van der Waals surface area contributed by atoms with Gasteiger partial charge in [0.2, 0.25) is 0 Å². The van der Waals surface area contributed by atoms with Gasteiger partial charge in [-0.05, 0) is 32.9 Å². The highest BCUT2D eigenvalue weighted by atomic mass is 16.6. The molecule has 140 valence electrons. The molecule has 0 radical (unpaired) electrons. The number of nitrogens with zero attached hydrogens (tertiary/aromatic N) is 2. The van der Waals surface area contributed by atoms with E-state index in [-0.39, 0.29) is 6.54 Å². The number of ether oxygens (including phenoxy) is 3. The fourth-order valence-electron chi connectivity index (χ4n) is 2.31. The molecule has 1 aliphatic rings. The maximum Gasteiger partial charge on any atom is 0.413 e. The Morgan fingerprint density at radius 2 is 2.12 bits per heavy atom. The van der Waals surface area contributed by atoms with Crippen molar-refractivity contribution in [1.82, 2.24) is 10.2 Å². The van der Waals surface area contributed by atoms with Gasteiger partial charge in [0.1, 0.15) is 11.4 Å². The standard InChI is InChI=1S/C18H23N3O5/c1-18(2,3)26-17(23)21-8-7-15(21)25-16(22)20-11-13-6-5-12(10-19)9-14(13)24-4/h5-6,9,15H,7-8,11H2,1-4H3,(H,20,22). The number of rotatable bonds is 4. The van der Waals surface area contributed by atoms with Crippen LogP contribution < -0.4 is 10.1 Å². The van der Waals surface area contributed by atoms with Gasteiger partial charge in [0.15, 0.2) is 6.23 Å². The van der Waals surface area contributed by atoms with Crippen molar-refractivity contribution in [3.05, 3.63) is 29.3 Å². The zero-order chi connectivity index (χ0) is 19.3. The summed E-state index contributed by atoms with van der Waals surface area (Å²) in [6, 6.07) is 6.96. The predicted molar refractivity (Wildman–Crippen MR) is 92.4 cm³/mol. The third kappa shape index (κ3) is 5.02. The summed E-state index contributed by atoms with van der Waals surface area (Å²) >= 11 is 0. The van der Waals surface area contributed by atoms with Crippen molar-refractivity contribution in [2.45, 2.75) is 45.6 Å². The van der Waals surface area contributed by atoms with E-state index in [0.717, 1.165) is 0 Å². The van der Waals surface area contributed by atoms with Crippen LogP contribution >= 0.6 is 0 Å². The molecule has 1 aliphatic heterocycles. The number of alkyl carbamates (subject to hydrolysis) is 1. The molecular formula is C18H23N3O5. The van der Waals surface area contributed by atoms with Crippen LogP contribution in [0.3, 0.4) is 0 Å². The third-order valence-electron chi connectivity index (χ3n) is 3.68. The van der Waals surface area contributed by atoms with Gasteiger partial charge in [-0.25, -0.2) is 9.59 Å². The highest BCUT2D eigenvalue weighted by Crippen LogP contribution is 2.23. The second-order valence-electron chi connectivity index (χ2n) is 6.81. The second-order valence-corrected chi connectivity index (χ2v) is 6.81. The van der Waals surface area contributed by atoms with Crippen LogP contribution in [0, 0.1) is 11.3 Å². The highest BCUT2D eigenvalue weighted by Gasteiger charge is 2.37. The largest absolute Gasteiger partial charge is 0.496 e. The van der Waals surface area contributed by atoms with Gasteiger partial charge in [-0.15, -0.1) is 0 Å². The number of hydrogen-bond acceptors (Lipinski definition) is 6. The van der Waals surface area contributed by atoms with E-state index in [9.17, 15) is 9.59 Å². The molecule has 1 aromatic rings. The maximum atomic E-state index is 12.0. The summed E-state index contributed by atoms with van der Waals surface area (Å²) < 4.78 is 15.7. The number of hydrogen-bond donors (Lipinski definition) is 1. The lowest BCUT2D eigenvalue weighted by atomic mass is 10.1. The number of carbonyl (C=O) groups excluding carboxylic acids is 2. The lowest BCUT2D eigenvalue weighted by molar-refractivity contribution is -0.0843. The summed E-state index contributed by atoms with van der Waals surface area (Å²) in [6.07, 6.45) is -1.22. The van der Waals surface area contributed by atoms with E-state index in [1.54, 1.807) is 39.0 Å². The number of benzene rings is 1. The Morgan fingerprint density at radius 1 is 1.38 bits per heavy atom. The Hall–Kier alpha value is -2.95. The number of nitriles is 1. The normalized spacial score (nSPS) is 16.1. The first-order valence-corrected chi connectivity index (χ1v) is 8.24. The SMILES string of the molecule is COc1cc(C#N)ccc1CNC(=O)OC1CCN1C(=O)OC(C)(C)C. The van der Waals surface area contributed by atoms with Crippen LogP contribution in [0.2, 0.25) is 0 Å². The van der Waals surface area contributed by atoms with Gasteiger partial charge < -0.3 is 19.5 Å². The first-order chi connectivity index (χ1) is 12.2. The van der Waals surface area contributed by atoms with E-state index in [2.05, 4.69) is 5.32 Å². The predicted octanol–water partition coefficient (Wildman–Crippen LogP) is 2.76. The summed E-state index contributed by atoms with van der Waals surface area (Å²) in [4.78, 5) is 25.4. The first-order valence-electron chi connectivity index (χ1n) is 8.24. The van der Waals surface area contributed by atoms with Crippen LogP contribution in [0.1, 0.15) is 38.3 Å². The minimum atomic E-state index is -0.644. The molecule has 1 heterocycles. The molecule has 0 aromatic heterocycles. The van der Waals surface area contributed by atoms with Gasteiger partial charge >= 0.3 is 12.2 Å². The Balaban J connectivity index is 1.86. The molecule has 26 heavy (non-hydrogen) atoms. The molecule has 8 heteroatoms. The fourth-order valence-corrected chi connectivity index (χ4v) is 2.31. The lowest BCUT2D eigenvalue weighted by Crippen LogP contribution is -2.55. The van der Waals surface area contributed by atoms with Gasteiger partial charge in [-0.2, -0.15) is 5.26 Å². The number of amides is 2. The van der Waals surface area contributed by atoms with Gasteiger partial charge in [0, 0.05) is 25.1 Å².